The van der Waals surface area contributed by atoms with Crippen LogP contribution >= 0.6 is 11.6 Å². The lowest BCUT2D eigenvalue weighted by atomic mass is 9.85. The fourth-order valence-corrected chi connectivity index (χ4v) is 4.48. The van der Waals surface area contributed by atoms with E-state index in [1.54, 1.807) is 42.5 Å². The fourth-order valence-electron chi connectivity index (χ4n) is 4.26. The molecule has 3 atom stereocenters. The highest BCUT2D eigenvalue weighted by molar-refractivity contribution is 6.34. The maximum Gasteiger partial charge on any atom is 0.275 e. The molecule has 164 valence electrons. The van der Waals surface area contributed by atoms with Crippen molar-refractivity contribution in [2.45, 2.75) is 32.7 Å². The van der Waals surface area contributed by atoms with Crippen LogP contribution in [0.5, 0.6) is 0 Å². The lowest BCUT2D eigenvalue weighted by Gasteiger charge is -2.35. The van der Waals surface area contributed by atoms with E-state index >= 15 is 0 Å². The molecular formula is C25H23ClN2O4. The minimum atomic E-state index is -1.09. The minimum Gasteiger partial charge on any atom is -0.292 e. The van der Waals surface area contributed by atoms with Crippen LogP contribution < -0.4 is 0 Å². The Balaban J connectivity index is 1.76. The van der Waals surface area contributed by atoms with Crippen LogP contribution in [0.25, 0.3) is 0 Å². The molecule has 0 saturated carbocycles. The van der Waals surface area contributed by atoms with Gasteiger partial charge in [-0.1, -0.05) is 65.7 Å². The highest BCUT2D eigenvalue weighted by atomic mass is 35.5. The zero-order chi connectivity index (χ0) is 23.0. The van der Waals surface area contributed by atoms with Crippen molar-refractivity contribution in [2.75, 3.05) is 0 Å². The summed E-state index contributed by atoms with van der Waals surface area (Å²) in [7, 11) is 0. The van der Waals surface area contributed by atoms with Crippen LogP contribution in [-0.2, 0) is 9.59 Å². The van der Waals surface area contributed by atoms with Crippen molar-refractivity contribution >= 4 is 35.1 Å². The van der Waals surface area contributed by atoms with Gasteiger partial charge >= 0.3 is 0 Å². The number of benzene rings is 2. The van der Waals surface area contributed by atoms with Gasteiger partial charge in [0, 0.05) is 5.56 Å². The van der Waals surface area contributed by atoms with E-state index in [-0.39, 0.29) is 16.4 Å². The number of aryl methyl sites for hydroxylation is 1. The molecule has 6 nitrogen and oxygen atoms in total. The third-order valence-electron chi connectivity index (χ3n) is 6.09. The second-order valence-corrected chi connectivity index (χ2v) is 8.59. The van der Waals surface area contributed by atoms with Crippen LogP contribution in [0.3, 0.4) is 0 Å². The zero-order valence-electron chi connectivity index (χ0n) is 17.8. The Labute approximate surface area is 191 Å². The molecule has 1 fully saturated rings. The van der Waals surface area contributed by atoms with Gasteiger partial charge in [-0.3, -0.25) is 19.2 Å². The van der Waals surface area contributed by atoms with Crippen LogP contribution in [0.4, 0.5) is 0 Å². The van der Waals surface area contributed by atoms with Gasteiger partial charge in [-0.15, -0.1) is 0 Å². The molecule has 1 saturated heterocycles. The van der Waals surface area contributed by atoms with E-state index in [0.717, 1.165) is 15.6 Å². The Morgan fingerprint density at radius 1 is 0.969 bits per heavy atom. The lowest BCUT2D eigenvalue weighted by Crippen LogP contribution is -2.56. The van der Waals surface area contributed by atoms with Crippen molar-refractivity contribution in [2.24, 2.45) is 11.8 Å². The number of rotatable bonds is 5. The first-order valence-corrected chi connectivity index (χ1v) is 10.9. The van der Waals surface area contributed by atoms with Crippen molar-refractivity contribution in [3.63, 3.8) is 0 Å². The number of hydrogen-bond donors (Lipinski definition) is 0. The number of nitrogens with zero attached hydrogens (tertiary/aromatic N) is 2. The first-order valence-electron chi connectivity index (χ1n) is 10.5. The third-order valence-corrected chi connectivity index (χ3v) is 6.42. The molecule has 4 rings (SSSR count). The average molecular weight is 451 g/mol. The molecule has 2 aliphatic rings. The Morgan fingerprint density at radius 2 is 1.53 bits per heavy atom. The maximum atomic E-state index is 13.6. The molecule has 1 aliphatic carbocycles. The molecule has 0 radical (unpaired) electrons. The number of hydrazine groups is 1. The summed E-state index contributed by atoms with van der Waals surface area (Å²) in [6.45, 7) is 3.43. The molecule has 2 aromatic rings. The van der Waals surface area contributed by atoms with Gasteiger partial charge in [-0.05, 0) is 38.8 Å². The van der Waals surface area contributed by atoms with Crippen LogP contribution in [0.2, 0.25) is 5.02 Å². The summed E-state index contributed by atoms with van der Waals surface area (Å²) in [5.74, 6) is -3.04. The Bertz CT molecular complexity index is 1100. The second-order valence-electron chi connectivity index (χ2n) is 8.18. The van der Waals surface area contributed by atoms with E-state index in [1.807, 2.05) is 19.1 Å². The Kier molecular flexibility index (Phi) is 5.98. The number of allylic oxidation sites excluding steroid dienone is 2. The molecule has 0 unspecified atom stereocenters. The molecule has 1 aliphatic heterocycles. The van der Waals surface area contributed by atoms with Crippen molar-refractivity contribution < 1.29 is 19.2 Å². The summed E-state index contributed by atoms with van der Waals surface area (Å²) in [5.41, 5.74) is 1.49. The maximum absolute atomic E-state index is 13.6. The summed E-state index contributed by atoms with van der Waals surface area (Å²) in [6.07, 6.45) is 4.61. The number of halogens is 1. The molecule has 7 heteroatoms. The topological polar surface area (TPSA) is 74.8 Å². The van der Waals surface area contributed by atoms with Crippen LogP contribution in [0.1, 0.15) is 46.0 Å². The quantitative estimate of drug-likeness (QED) is 0.388. The van der Waals surface area contributed by atoms with E-state index in [4.69, 9.17) is 11.6 Å². The first kappa shape index (κ1) is 22.0. The second kappa shape index (κ2) is 8.71. The molecule has 3 amide bonds. The van der Waals surface area contributed by atoms with Crippen molar-refractivity contribution in [3.05, 3.63) is 82.4 Å². The van der Waals surface area contributed by atoms with Gasteiger partial charge in [0.2, 0.25) is 0 Å². The molecule has 0 N–H and O–H groups in total. The number of hydrogen-bond acceptors (Lipinski definition) is 4. The molecule has 0 aromatic heterocycles. The first-order chi connectivity index (χ1) is 15.3. The van der Waals surface area contributed by atoms with Crippen molar-refractivity contribution in [3.8, 4) is 0 Å². The predicted molar refractivity (Wildman–Crippen MR) is 120 cm³/mol. The molecule has 0 bridgehead atoms. The van der Waals surface area contributed by atoms with E-state index in [9.17, 15) is 19.2 Å². The SMILES string of the molecule is Cc1ccc(C(=O)[C@H](C)N(C(=O)c2ccccc2Cl)N2C(=O)[C@@H]3CC=CC[C@H]3C2=O)cc1. The molecule has 1 heterocycles. The van der Waals surface area contributed by atoms with Gasteiger partial charge in [0.25, 0.3) is 17.7 Å². The van der Waals surface area contributed by atoms with Gasteiger partial charge in [0.05, 0.1) is 22.4 Å². The van der Waals surface area contributed by atoms with Gasteiger partial charge < -0.3 is 0 Å². The van der Waals surface area contributed by atoms with Crippen LogP contribution in [0, 0.1) is 18.8 Å². The summed E-state index contributed by atoms with van der Waals surface area (Å²) in [4.78, 5) is 53.4. The number of carbonyl (C=O) groups excluding carboxylic acids is 4. The monoisotopic (exact) mass is 450 g/mol. The number of Topliss-reactive ketones (excluding diaryl/α,β-unsaturated/α-hetero) is 1. The molecule has 32 heavy (non-hydrogen) atoms. The largest absolute Gasteiger partial charge is 0.292 e. The van der Waals surface area contributed by atoms with E-state index in [2.05, 4.69) is 0 Å². The highest BCUT2D eigenvalue weighted by Crippen LogP contribution is 2.37. The number of ketones is 1. The molecular weight excluding hydrogens is 428 g/mol. The Hall–Kier alpha value is -3.25. The van der Waals surface area contributed by atoms with Gasteiger partial charge in [0.1, 0.15) is 6.04 Å². The smallest absolute Gasteiger partial charge is 0.275 e. The predicted octanol–water partition coefficient (Wildman–Crippen LogP) is 4.23. The van der Waals surface area contributed by atoms with E-state index < -0.39 is 35.6 Å². The zero-order valence-corrected chi connectivity index (χ0v) is 18.6. The summed E-state index contributed by atoms with van der Waals surface area (Å²) in [6, 6.07) is 12.2. The molecule has 2 aromatic carbocycles. The van der Waals surface area contributed by atoms with Gasteiger partial charge in [-0.2, -0.15) is 5.01 Å². The van der Waals surface area contributed by atoms with Crippen molar-refractivity contribution in [1.29, 1.82) is 0 Å². The minimum absolute atomic E-state index is 0.117. The lowest BCUT2D eigenvalue weighted by molar-refractivity contribution is -0.156. The van der Waals surface area contributed by atoms with E-state index in [1.165, 1.54) is 13.0 Å². The third kappa shape index (κ3) is 3.75. The normalized spacial score (nSPS) is 20.8. The average Bonchev–Trinajstić information content (AvgIpc) is 3.05. The number of imide groups is 1. The van der Waals surface area contributed by atoms with Crippen LogP contribution in [0.15, 0.2) is 60.7 Å². The van der Waals surface area contributed by atoms with E-state index in [0.29, 0.717) is 18.4 Å². The summed E-state index contributed by atoms with van der Waals surface area (Å²) >= 11 is 6.25. The van der Waals surface area contributed by atoms with Gasteiger partial charge in [0.15, 0.2) is 5.78 Å². The highest BCUT2D eigenvalue weighted by Gasteiger charge is 2.52. The number of carbonyl (C=O) groups is 4. The van der Waals surface area contributed by atoms with Crippen molar-refractivity contribution in [1.82, 2.24) is 10.0 Å². The number of fused-ring (bicyclic) bond motifs is 1. The van der Waals surface area contributed by atoms with Crippen LogP contribution in [-0.4, -0.2) is 39.6 Å². The fraction of sp³-hybridized carbons (Fsp3) is 0.280. The standard InChI is InChI=1S/C25H23ClN2O4/c1-15-11-13-17(14-12-15)22(29)16(2)27(25(32)20-9-5-6-10-21(20)26)28-23(30)18-7-3-4-8-19(18)24(28)31/h3-6,9-14,16,18-19H,7-8H2,1-2H3/t16-,18+,19+/m0/s1. The summed E-state index contributed by atoms with van der Waals surface area (Å²) in [5, 5.41) is 2.05. The van der Waals surface area contributed by atoms with Gasteiger partial charge in [-0.25, -0.2) is 5.01 Å². The summed E-state index contributed by atoms with van der Waals surface area (Å²) < 4.78 is 0. The number of amides is 3. The molecule has 0 spiro atoms. The Morgan fingerprint density at radius 3 is 2.09 bits per heavy atom.